The summed E-state index contributed by atoms with van der Waals surface area (Å²) in [6, 6.07) is 4.83. The maximum atomic E-state index is 13.0. The molecular weight excluding hydrogens is 500 g/mol. The van der Waals surface area contributed by atoms with Crippen molar-refractivity contribution in [1.29, 1.82) is 0 Å². The second-order valence-electron chi connectivity index (χ2n) is 11.1. The number of amides is 1. The number of carbonyl (C=O) groups is 1. The number of sulfonamides is 1. The molecule has 0 aliphatic heterocycles. The molecule has 1 aromatic rings. The number of carbonyl (C=O) groups excluding carboxylic acids is 1. The molecule has 2 unspecified atom stereocenters. The van der Waals surface area contributed by atoms with Crippen molar-refractivity contribution in [2.75, 3.05) is 6.26 Å². The van der Waals surface area contributed by atoms with Gasteiger partial charge in [-0.3, -0.25) is 8.98 Å². The van der Waals surface area contributed by atoms with Gasteiger partial charge in [0.1, 0.15) is 4.90 Å². The Morgan fingerprint density at radius 3 is 2.32 bits per heavy atom. The first-order valence-electron chi connectivity index (χ1n) is 11.6. The minimum atomic E-state index is -3.94. The standard InChI is InChI=1S/C23H33ClN2O6S2/c1-14-6-5-7-18(24)21(14)34(30,31)26-22(2,3)13-19(27)25-20-16-8-15-9-17(20)12-23(10-15,11-16)32-33(4,28)29/h5-7,15-17,20,26H,8-13H2,1-4H3,(H,25,27)/t15?,16?,17?,20-,23-. The first-order valence-corrected chi connectivity index (χ1v) is 15.2. The van der Waals surface area contributed by atoms with Crippen LogP contribution in [-0.4, -0.2) is 46.2 Å². The summed E-state index contributed by atoms with van der Waals surface area (Å²) in [5, 5.41) is 3.27. The van der Waals surface area contributed by atoms with Gasteiger partial charge >= 0.3 is 0 Å². The Balaban J connectivity index is 1.42. The normalized spacial score (nSPS) is 31.0. The molecule has 0 aromatic heterocycles. The Morgan fingerprint density at radius 2 is 1.76 bits per heavy atom. The van der Waals surface area contributed by atoms with Gasteiger partial charge in [-0.15, -0.1) is 0 Å². The van der Waals surface area contributed by atoms with Gasteiger partial charge < -0.3 is 5.32 Å². The molecule has 4 fully saturated rings. The van der Waals surface area contributed by atoms with Crippen molar-refractivity contribution in [3.63, 3.8) is 0 Å². The van der Waals surface area contributed by atoms with E-state index in [-0.39, 0.29) is 40.1 Å². The fourth-order valence-electron chi connectivity index (χ4n) is 6.65. The van der Waals surface area contributed by atoms with E-state index in [1.807, 2.05) is 0 Å². The molecule has 4 saturated carbocycles. The number of hydrogen-bond acceptors (Lipinski definition) is 6. The number of hydrogen-bond donors (Lipinski definition) is 2. The predicted molar refractivity (Wildman–Crippen MR) is 129 cm³/mol. The van der Waals surface area contributed by atoms with E-state index in [9.17, 15) is 21.6 Å². The number of nitrogens with one attached hydrogen (secondary N) is 2. The minimum Gasteiger partial charge on any atom is -0.353 e. The zero-order chi connectivity index (χ0) is 25.1. The van der Waals surface area contributed by atoms with Crippen molar-refractivity contribution >= 4 is 37.6 Å². The van der Waals surface area contributed by atoms with Gasteiger partial charge in [0, 0.05) is 18.0 Å². The van der Waals surface area contributed by atoms with Gasteiger partial charge in [-0.25, -0.2) is 13.1 Å². The van der Waals surface area contributed by atoms with Crippen LogP contribution in [0.15, 0.2) is 23.1 Å². The van der Waals surface area contributed by atoms with Crippen molar-refractivity contribution in [2.24, 2.45) is 17.8 Å². The summed E-state index contributed by atoms with van der Waals surface area (Å²) >= 11 is 6.15. The highest BCUT2D eigenvalue weighted by Gasteiger charge is 2.57. The number of aryl methyl sites for hydroxylation is 1. The SMILES string of the molecule is Cc1cccc(Cl)c1S(=O)(=O)NC(C)(C)CC(=O)N[C@H]1C2CC3CC1C[C@](OS(C)(=O)=O)(C3)C2. The molecule has 0 spiro atoms. The van der Waals surface area contributed by atoms with Crippen LogP contribution in [-0.2, 0) is 29.1 Å². The topological polar surface area (TPSA) is 119 Å². The molecule has 4 bridgehead atoms. The van der Waals surface area contributed by atoms with Gasteiger partial charge in [0.25, 0.3) is 10.1 Å². The van der Waals surface area contributed by atoms with Gasteiger partial charge in [0.2, 0.25) is 15.9 Å². The smallest absolute Gasteiger partial charge is 0.264 e. The van der Waals surface area contributed by atoms with Crippen LogP contribution in [0.1, 0.15) is 57.9 Å². The van der Waals surface area contributed by atoms with Gasteiger partial charge in [-0.2, -0.15) is 8.42 Å². The summed E-state index contributed by atoms with van der Waals surface area (Å²) in [6.45, 7) is 5.01. The molecule has 11 heteroatoms. The number of halogens is 1. The highest BCUT2D eigenvalue weighted by atomic mass is 35.5. The van der Waals surface area contributed by atoms with Crippen LogP contribution >= 0.6 is 11.6 Å². The lowest BCUT2D eigenvalue weighted by molar-refractivity contribution is -0.137. The molecule has 190 valence electrons. The van der Waals surface area contributed by atoms with Crippen molar-refractivity contribution in [2.45, 2.75) is 81.4 Å². The van der Waals surface area contributed by atoms with Gasteiger partial charge in [0.05, 0.1) is 16.9 Å². The summed E-state index contributed by atoms with van der Waals surface area (Å²) in [5.41, 5.74) is -1.16. The van der Waals surface area contributed by atoms with Crippen LogP contribution in [0.3, 0.4) is 0 Å². The van der Waals surface area contributed by atoms with E-state index in [1.54, 1.807) is 32.9 Å². The third-order valence-corrected chi connectivity index (χ3v) is 10.3. The van der Waals surface area contributed by atoms with E-state index in [4.69, 9.17) is 15.8 Å². The summed E-state index contributed by atoms with van der Waals surface area (Å²) in [6.07, 6.45) is 4.91. The Bertz CT molecular complexity index is 1160. The summed E-state index contributed by atoms with van der Waals surface area (Å²) in [4.78, 5) is 13.0. The molecule has 1 aromatic carbocycles. The van der Waals surface area contributed by atoms with Gasteiger partial charge in [-0.05, 0) is 82.3 Å². The summed E-state index contributed by atoms with van der Waals surface area (Å²) < 4.78 is 57.9. The third-order valence-electron chi connectivity index (χ3n) is 7.32. The fourth-order valence-corrected chi connectivity index (χ4v) is 9.75. The lowest BCUT2D eigenvalue weighted by Gasteiger charge is -2.59. The van der Waals surface area contributed by atoms with Crippen LogP contribution in [0.25, 0.3) is 0 Å². The average molecular weight is 533 g/mol. The van der Waals surface area contributed by atoms with Gasteiger partial charge in [0.15, 0.2) is 0 Å². The lowest BCUT2D eigenvalue weighted by Crippen LogP contribution is -2.63. The third kappa shape index (κ3) is 5.46. The Morgan fingerprint density at radius 1 is 1.15 bits per heavy atom. The molecule has 8 nitrogen and oxygen atoms in total. The molecule has 4 aliphatic carbocycles. The maximum Gasteiger partial charge on any atom is 0.264 e. The summed E-state index contributed by atoms with van der Waals surface area (Å²) in [7, 11) is -7.50. The average Bonchev–Trinajstić information content (AvgIpc) is 2.60. The van der Waals surface area contributed by atoms with E-state index in [0.29, 0.717) is 24.3 Å². The first kappa shape index (κ1) is 25.9. The quantitative estimate of drug-likeness (QED) is 0.496. The van der Waals surface area contributed by atoms with E-state index < -0.39 is 31.3 Å². The van der Waals surface area contributed by atoms with Crippen molar-refractivity contribution in [3.8, 4) is 0 Å². The Kier molecular flexibility index (Phi) is 6.64. The predicted octanol–water partition coefficient (Wildman–Crippen LogP) is 3.14. The van der Waals surface area contributed by atoms with Crippen LogP contribution in [0, 0.1) is 24.7 Å². The van der Waals surface area contributed by atoms with Crippen molar-refractivity contribution < 1.29 is 25.8 Å². The molecule has 4 aliphatic rings. The molecule has 5 rings (SSSR count). The highest BCUT2D eigenvalue weighted by molar-refractivity contribution is 7.89. The van der Waals surface area contributed by atoms with E-state index in [0.717, 1.165) is 25.5 Å². The molecule has 0 saturated heterocycles. The molecule has 2 atom stereocenters. The Hall–Kier alpha value is -1.20. The molecule has 0 radical (unpaired) electrons. The van der Waals surface area contributed by atoms with E-state index in [1.165, 1.54) is 6.07 Å². The molecule has 2 N–H and O–H groups in total. The largest absolute Gasteiger partial charge is 0.353 e. The second kappa shape index (κ2) is 8.73. The van der Waals surface area contributed by atoms with Crippen molar-refractivity contribution in [1.82, 2.24) is 10.0 Å². The number of rotatable bonds is 8. The number of benzene rings is 1. The molecule has 34 heavy (non-hydrogen) atoms. The maximum absolute atomic E-state index is 13.0. The second-order valence-corrected chi connectivity index (χ2v) is 14.7. The molecule has 1 amide bonds. The minimum absolute atomic E-state index is 0.0161. The summed E-state index contributed by atoms with van der Waals surface area (Å²) in [5.74, 6) is 0.485. The van der Waals surface area contributed by atoms with E-state index >= 15 is 0 Å². The zero-order valence-corrected chi connectivity index (χ0v) is 22.3. The van der Waals surface area contributed by atoms with Gasteiger partial charge in [-0.1, -0.05) is 23.7 Å². The molecule has 0 heterocycles. The van der Waals surface area contributed by atoms with E-state index in [2.05, 4.69) is 10.0 Å². The highest BCUT2D eigenvalue weighted by Crippen LogP contribution is 2.57. The molecular formula is C23H33ClN2O6S2. The van der Waals surface area contributed by atoms with Crippen LogP contribution < -0.4 is 10.0 Å². The van der Waals surface area contributed by atoms with Crippen LogP contribution in [0.5, 0.6) is 0 Å². The van der Waals surface area contributed by atoms with Crippen molar-refractivity contribution in [3.05, 3.63) is 28.8 Å². The first-order chi connectivity index (χ1) is 15.6. The van der Waals surface area contributed by atoms with Crippen LogP contribution in [0.2, 0.25) is 5.02 Å². The monoisotopic (exact) mass is 532 g/mol. The fraction of sp³-hybridized carbons (Fsp3) is 0.696. The lowest BCUT2D eigenvalue weighted by atomic mass is 9.52. The van der Waals surface area contributed by atoms with Crippen LogP contribution in [0.4, 0.5) is 0 Å². The zero-order valence-electron chi connectivity index (χ0n) is 19.9. The Labute approximate surface area is 207 Å².